The highest BCUT2D eigenvalue weighted by Gasteiger charge is 2.07. The van der Waals surface area contributed by atoms with Crippen LogP contribution in [0.25, 0.3) is 0 Å². The van der Waals surface area contributed by atoms with Crippen LogP contribution in [0.2, 0.25) is 0 Å². The van der Waals surface area contributed by atoms with E-state index < -0.39 is 0 Å². The highest BCUT2D eigenvalue weighted by molar-refractivity contribution is 8.03. The van der Waals surface area contributed by atoms with E-state index in [0.29, 0.717) is 6.04 Å². The van der Waals surface area contributed by atoms with Gasteiger partial charge >= 0.3 is 0 Å². The third-order valence-corrected chi connectivity index (χ3v) is 5.07. The van der Waals surface area contributed by atoms with E-state index >= 15 is 0 Å². The van der Waals surface area contributed by atoms with Gasteiger partial charge in [0, 0.05) is 11.8 Å². The van der Waals surface area contributed by atoms with Crippen molar-refractivity contribution in [2.75, 3.05) is 19.1 Å². The molecule has 6 heteroatoms. The molecule has 0 saturated heterocycles. The van der Waals surface area contributed by atoms with Gasteiger partial charge in [-0.25, -0.2) is 0 Å². The van der Waals surface area contributed by atoms with Gasteiger partial charge in [0.1, 0.15) is 0 Å². The van der Waals surface area contributed by atoms with E-state index in [1.807, 2.05) is 13.3 Å². The Bertz CT molecular complexity index is 260. The zero-order chi connectivity index (χ0) is 10.4. The van der Waals surface area contributed by atoms with Gasteiger partial charge in [-0.05, 0) is 19.7 Å². The van der Waals surface area contributed by atoms with Crippen molar-refractivity contribution in [1.82, 2.24) is 15.5 Å². The van der Waals surface area contributed by atoms with E-state index in [9.17, 15) is 0 Å². The van der Waals surface area contributed by atoms with E-state index in [4.69, 9.17) is 0 Å². The summed E-state index contributed by atoms with van der Waals surface area (Å²) in [5.74, 6) is 1.07. The van der Waals surface area contributed by atoms with E-state index in [2.05, 4.69) is 22.4 Å². The summed E-state index contributed by atoms with van der Waals surface area (Å²) >= 11 is 5.11. The molecule has 3 nitrogen and oxygen atoms in total. The number of hydrogen-bond donors (Lipinski definition) is 1. The molecule has 0 bridgehead atoms. The summed E-state index contributed by atoms with van der Waals surface area (Å²) in [6.45, 7) is 2.19. The van der Waals surface area contributed by atoms with Crippen molar-refractivity contribution in [2.24, 2.45) is 0 Å². The standard InChI is InChI=1S/C8H15N3S3/c1-4-6(9-2)5-13-8-11-10-7(12-3)14-8/h6,9H,4-5H2,1-3H3. The predicted molar refractivity (Wildman–Crippen MR) is 65.6 cm³/mol. The van der Waals surface area contributed by atoms with Crippen molar-refractivity contribution in [2.45, 2.75) is 28.1 Å². The Morgan fingerprint density at radius 2 is 2.14 bits per heavy atom. The number of rotatable bonds is 6. The Morgan fingerprint density at radius 3 is 2.64 bits per heavy atom. The first kappa shape index (κ1) is 12.3. The predicted octanol–water partition coefficient (Wildman–Crippen LogP) is 2.35. The molecule has 1 atom stereocenters. The summed E-state index contributed by atoms with van der Waals surface area (Å²) in [4.78, 5) is 0. The molecule has 1 aromatic heterocycles. The molecule has 0 fully saturated rings. The molecule has 0 spiro atoms. The summed E-state index contributed by atoms with van der Waals surface area (Å²) in [7, 11) is 2.00. The molecule has 14 heavy (non-hydrogen) atoms. The van der Waals surface area contributed by atoms with Crippen molar-refractivity contribution >= 4 is 34.9 Å². The second kappa shape index (κ2) is 6.66. The molecule has 0 radical (unpaired) electrons. The summed E-state index contributed by atoms with van der Waals surface area (Å²) < 4.78 is 2.12. The van der Waals surface area contributed by atoms with E-state index in [1.165, 1.54) is 0 Å². The average molecular weight is 249 g/mol. The lowest BCUT2D eigenvalue weighted by Crippen LogP contribution is -2.26. The molecule has 0 aliphatic heterocycles. The van der Waals surface area contributed by atoms with Crippen LogP contribution in [0.15, 0.2) is 8.68 Å². The maximum atomic E-state index is 4.11. The van der Waals surface area contributed by atoms with Gasteiger partial charge in [0.25, 0.3) is 0 Å². The fraction of sp³-hybridized carbons (Fsp3) is 0.750. The first-order chi connectivity index (χ1) is 6.80. The number of nitrogens with zero attached hydrogens (tertiary/aromatic N) is 2. The zero-order valence-electron chi connectivity index (χ0n) is 8.61. The average Bonchev–Trinajstić information content (AvgIpc) is 2.67. The summed E-state index contributed by atoms with van der Waals surface area (Å²) in [6.07, 6.45) is 3.18. The molecule has 80 valence electrons. The minimum Gasteiger partial charge on any atom is -0.316 e. The molecule has 1 unspecified atom stereocenters. The molecule has 0 amide bonds. The molecule has 0 aliphatic rings. The smallest absolute Gasteiger partial charge is 0.175 e. The molecular weight excluding hydrogens is 234 g/mol. The van der Waals surface area contributed by atoms with Crippen LogP contribution in [-0.2, 0) is 0 Å². The van der Waals surface area contributed by atoms with Crippen LogP contribution >= 0.6 is 34.9 Å². The van der Waals surface area contributed by atoms with Gasteiger partial charge in [-0.1, -0.05) is 41.8 Å². The first-order valence-electron chi connectivity index (χ1n) is 4.47. The van der Waals surface area contributed by atoms with Crippen LogP contribution in [0.3, 0.4) is 0 Å². The van der Waals surface area contributed by atoms with Crippen LogP contribution in [-0.4, -0.2) is 35.3 Å². The normalized spacial score (nSPS) is 13.1. The van der Waals surface area contributed by atoms with Crippen molar-refractivity contribution in [1.29, 1.82) is 0 Å². The molecule has 1 heterocycles. The van der Waals surface area contributed by atoms with E-state index in [1.54, 1.807) is 34.9 Å². The fourth-order valence-corrected chi connectivity index (χ4v) is 3.60. The van der Waals surface area contributed by atoms with E-state index in [-0.39, 0.29) is 0 Å². The fourth-order valence-electron chi connectivity index (χ4n) is 0.915. The molecule has 1 rings (SSSR count). The minimum atomic E-state index is 0.571. The molecule has 1 N–H and O–H groups in total. The molecule has 0 saturated carbocycles. The number of nitrogens with one attached hydrogen (secondary N) is 1. The Hall–Kier alpha value is 0.220. The lowest BCUT2D eigenvalue weighted by Gasteiger charge is -2.10. The Morgan fingerprint density at radius 1 is 1.43 bits per heavy atom. The maximum absolute atomic E-state index is 4.11. The third kappa shape index (κ3) is 3.76. The first-order valence-corrected chi connectivity index (χ1v) is 7.50. The van der Waals surface area contributed by atoms with Crippen LogP contribution in [0, 0.1) is 0 Å². The number of hydrogen-bond acceptors (Lipinski definition) is 6. The molecule has 0 aromatic carbocycles. The van der Waals surface area contributed by atoms with Crippen molar-refractivity contribution < 1.29 is 0 Å². The SMILES string of the molecule is CCC(CSc1nnc(SC)s1)NC. The van der Waals surface area contributed by atoms with Gasteiger partial charge in [-0.3, -0.25) is 0 Å². The van der Waals surface area contributed by atoms with Gasteiger partial charge in [0.05, 0.1) is 0 Å². The van der Waals surface area contributed by atoms with Crippen LogP contribution in [0.5, 0.6) is 0 Å². The van der Waals surface area contributed by atoms with Gasteiger partial charge < -0.3 is 5.32 Å². The summed E-state index contributed by atoms with van der Waals surface area (Å²) in [5.41, 5.74) is 0. The third-order valence-electron chi connectivity index (χ3n) is 1.87. The minimum absolute atomic E-state index is 0.571. The number of aromatic nitrogens is 2. The van der Waals surface area contributed by atoms with Crippen LogP contribution in [0.4, 0.5) is 0 Å². The maximum Gasteiger partial charge on any atom is 0.175 e. The Balaban J connectivity index is 2.37. The van der Waals surface area contributed by atoms with Gasteiger partial charge in [-0.2, -0.15) is 0 Å². The number of thioether (sulfide) groups is 2. The highest BCUT2D eigenvalue weighted by Crippen LogP contribution is 2.27. The van der Waals surface area contributed by atoms with Gasteiger partial charge in [0.2, 0.25) is 0 Å². The summed E-state index contributed by atoms with van der Waals surface area (Å²) in [5, 5.41) is 11.4. The van der Waals surface area contributed by atoms with E-state index in [0.717, 1.165) is 20.9 Å². The molecular formula is C8H15N3S3. The zero-order valence-corrected chi connectivity index (χ0v) is 11.1. The quantitative estimate of drug-likeness (QED) is 0.783. The monoisotopic (exact) mass is 249 g/mol. The van der Waals surface area contributed by atoms with Gasteiger partial charge in [0.15, 0.2) is 8.68 Å². The topological polar surface area (TPSA) is 37.8 Å². The molecule has 1 aromatic rings. The molecule has 0 aliphatic carbocycles. The van der Waals surface area contributed by atoms with Crippen LogP contribution in [0.1, 0.15) is 13.3 Å². The van der Waals surface area contributed by atoms with Crippen LogP contribution < -0.4 is 5.32 Å². The highest BCUT2D eigenvalue weighted by atomic mass is 32.2. The lowest BCUT2D eigenvalue weighted by atomic mass is 10.3. The Kier molecular flexibility index (Phi) is 5.84. The van der Waals surface area contributed by atoms with Crippen molar-refractivity contribution in [3.05, 3.63) is 0 Å². The second-order valence-corrected chi connectivity index (χ2v) is 6.04. The Labute approximate surface area is 97.5 Å². The lowest BCUT2D eigenvalue weighted by molar-refractivity contribution is 0.601. The van der Waals surface area contributed by atoms with Crippen molar-refractivity contribution in [3.63, 3.8) is 0 Å². The largest absolute Gasteiger partial charge is 0.316 e. The van der Waals surface area contributed by atoms with Crippen molar-refractivity contribution in [3.8, 4) is 0 Å². The summed E-state index contributed by atoms with van der Waals surface area (Å²) in [6, 6.07) is 0.571. The van der Waals surface area contributed by atoms with Gasteiger partial charge in [-0.15, -0.1) is 10.2 Å². The second-order valence-electron chi connectivity index (χ2n) is 2.74.